The molecule has 1 amide bonds. The molecule has 0 aliphatic rings. The molecule has 88 valence electrons. The number of furan rings is 1. The summed E-state index contributed by atoms with van der Waals surface area (Å²) in [7, 11) is 0. The molecule has 2 aromatic heterocycles. The molecule has 0 spiro atoms. The van der Waals surface area contributed by atoms with Gasteiger partial charge in [-0.3, -0.25) is 9.78 Å². The molecule has 2 rings (SSSR count). The SMILES string of the molecule is C[C@@H](Cc1ccco1)NC(=O)c1ccccn1. The zero-order valence-electron chi connectivity index (χ0n) is 9.59. The zero-order valence-corrected chi connectivity index (χ0v) is 9.59. The summed E-state index contributed by atoms with van der Waals surface area (Å²) in [6, 6.07) is 9.00. The van der Waals surface area contributed by atoms with Crippen molar-refractivity contribution >= 4 is 5.91 Å². The fraction of sp³-hybridized carbons (Fsp3) is 0.231. The standard InChI is InChI=1S/C13H14N2O2/c1-10(9-11-5-4-8-17-11)15-13(16)12-6-2-3-7-14-12/h2-8,10H,9H2,1H3,(H,15,16)/t10-/m0/s1. The second kappa shape index (κ2) is 5.30. The number of nitrogens with one attached hydrogen (secondary N) is 1. The Kier molecular flexibility index (Phi) is 3.55. The Morgan fingerprint density at radius 3 is 2.94 bits per heavy atom. The van der Waals surface area contributed by atoms with E-state index in [0.717, 1.165) is 5.76 Å². The summed E-state index contributed by atoms with van der Waals surface area (Å²) in [4.78, 5) is 15.8. The smallest absolute Gasteiger partial charge is 0.270 e. The summed E-state index contributed by atoms with van der Waals surface area (Å²) in [6.45, 7) is 1.93. The molecule has 2 aromatic rings. The van der Waals surface area contributed by atoms with Crippen molar-refractivity contribution in [3.63, 3.8) is 0 Å². The molecule has 0 aliphatic carbocycles. The summed E-state index contributed by atoms with van der Waals surface area (Å²) in [5.74, 6) is 0.698. The lowest BCUT2D eigenvalue weighted by molar-refractivity contribution is 0.0934. The van der Waals surface area contributed by atoms with E-state index in [4.69, 9.17) is 4.42 Å². The van der Waals surface area contributed by atoms with Crippen LogP contribution in [0.5, 0.6) is 0 Å². The molecule has 0 unspecified atom stereocenters. The Bertz CT molecular complexity index is 465. The topological polar surface area (TPSA) is 55.1 Å². The molecule has 4 nitrogen and oxygen atoms in total. The van der Waals surface area contributed by atoms with Gasteiger partial charge in [0.2, 0.25) is 0 Å². The first-order chi connectivity index (χ1) is 8.25. The van der Waals surface area contributed by atoms with Crippen LogP contribution in [0.25, 0.3) is 0 Å². The lowest BCUT2D eigenvalue weighted by Crippen LogP contribution is -2.34. The first-order valence-corrected chi connectivity index (χ1v) is 5.50. The Labute approximate surface area is 99.7 Å². The summed E-state index contributed by atoms with van der Waals surface area (Å²) >= 11 is 0. The molecule has 0 radical (unpaired) electrons. The maximum atomic E-state index is 11.8. The Balaban J connectivity index is 1.91. The van der Waals surface area contributed by atoms with Crippen LogP contribution >= 0.6 is 0 Å². The minimum Gasteiger partial charge on any atom is -0.469 e. The third kappa shape index (κ3) is 3.17. The largest absolute Gasteiger partial charge is 0.469 e. The van der Waals surface area contributed by atoms with Crippen molar-refractivity contribution in [1.29, 1.82) is 0 Å². The van der Waals surface area contributed by atoms with Gasteiger partial charge in [0.05, 0.1) is 6.26 Å². The summed E-state index contributed by atoms with van der Waals surface area (Å²) in [6.07, 6.45) is 3.90. The van der Waals surface area contributed by atoms with E-state index < -0.39 is 0 Å². The number of pyridine rings is 1. The van der Waals surface area contributed by atoms with Crippen LogP contribution in [-0.2, 0) is 6.42 Å². The minimum atomic E-state index is -0.162. The van der Waals surface area contributed by atoms with E-state index >= 15 is 0 Å². The van der Waals surface area contributed by atoms with Crippen molar-refractivity contribution in [2.75, 3.05) is 0 Å². The van der Waals surface area contributed by atoms with E-state index in [1.54, 1.807) is 30.7 Å². The second-order valence-electron chi connectivity index (χ2n) is 3.87. The van der Waals surface area contributed by atoms with Gasteiger partial charge in [-0.25, -0.2) is 0 Å². The average molecular weight is 230 g/mol. The van der Waals surface area contributed by atoms with E-state index in [0.29, 0.717) is 12.1 Å². The predicted octanol–water partition coefficient (Wildman–Crippen LogP) is 2.04. The maximum absolute atomic E-state index is 11.8. The maximum Gasteiger partial charge on any atom is 0.270 e. The fourth-order valence-corrected chi connectivity index (χ4v) is 1.58. The third-order valence-corrected chi connectivity index (χ3v) is 2.36. The number of carbonyl (C=O) groups is 1. The van der Waals surface area contributed by atoms with Gasteiger partial charge in [-0.2, -0.15) is 0 Å². The van der Waals surface area contributed by atoms with Crippen LogP contribution in [0.3, 0.4) is 0 Å². The average Bonchev–Trinajstić information content (AvgIpc) is 2.82. The minimum absolute atomic E-state index is 0.00987. The van der Waals surface area contributed by atoms with Crippen molar-refractivity contribution in [3.8, 4) is 0 Å². The molecule has 4 heteroatoms. The number of hydrogen-bond acceptors (Lipinski definition) is 3. The first kappa shape index (κ1) is 11.4. The predicted molar refractivity (Wildman–Crippen MR) is 63.6 cm³/mol. The lowest BCUT2D eigenvalue weighted by atomic mass is 10.2. The number of nitrogens with zero attached hydrogens (tertiary/aromatic N) is 1. The molecule has 1 N–H and O–H groups in total. The number of aromatic nitrogens is 1. The molecule has 0 saturated carbocycles. The van der Waals surface area contributed by atoms with Gasteiger partial charge >= 0.3 is 0 Å². The van der Waals surface area contributed by atoms with Gasteiger partial charge in [0.25, 0.3) is 5.91 Å². The highest BCUT2D eigenvalue weighted by molar-refractivity contribution is 5.92. The molecular weight excluding hydrogens is 216 g/mol. The summed E-state index contributed by atoms with van der Waals surface area (Å²) < 4.78 is 5.22. The summed E-state index contributed by atoms with van der Waals surface area (Å²) in [5, 5.41) is 2.87. The highest BCUT2D eigenvalue weighted by Gasteiger charge is 2.11. The van der Waals surface area contributed by atoms with Gasteiger partial charge in [0, 0.05) is 18.7 Å². The molecule has 0 bridgehead atoms. The lowest BCUT2D eigenvalue weighted by Gasteiger charge is -2.11. The highest BCUT2D eigenvalue weighted by Crippen LogP contribution is 2.04. The van der Waals surface area contributed by atoms with Gasteiger partial charge in [0.1, 0.15) is 11.5 Å². The Morgan fingerprint density at radius 1 is 1.41 bits per heavy atom. The van der Waals surface area contributed by atoms with Crippen molar-refractivity contribution in [1.82, 2.24) is 10.3 Å². The number of rotatable bonds is 4. The van der Waals surface area contributed by atoms with Crippen LogP contribution in [0.2, 0.25) is 0 Å². The van der Waals surface area contributed by atoms with Crippen molar-refractivity contribution < 1.29 is 9.21 Å². The molecule has 17 heavy (non-hydrogen) atoms. The monoisotopic (exact) mass is 230 g/mol. The molecule has 0 fully saturated rings. The van der Waals surface area contributed by atoms with Crippen molar-refractivity contribution in [3.05, 3.63) is 54.2 Å². The molecular formula is C13H14N2O2. The van der Waals surface area contributed by atoms with E-state index in [9.17, 15) is 4.79 Å². The molecule has 0 aromatic carbocycles. The zero-order chi connectivity index (χ0) is 12.1. The second-order valence-corrected chi connectivity index (χ2v) is 3.87. The van der Waals surface area contributed by atoms with Gasteiger partial charge in [-0.15, -0.1) is 0 Å². The Morgan fingerprint density at radius 2 is 2.29 bits per heavy atom. The third-order valence-electron chi connectivity index (χ3n) is 2.36. The Hall–Kier alpha value is -2.10. The van der Waals surface area contributed by atoms with Crippen molar-refractivity contribution in [2.45, 2.75) is 19.4 Å². The van der Waals surface area contributed by atoms with Crippen LogP contribution in [-0.4, -0.2) is 16.9 Å². The molecule has 0 aliphatic heterocycles. The van der Waals surface area contributed by atoms with Gasteiger partial charge < -0.3 is 9.73 Å². The number of hydrogen-bond donors (Lipinski definition) is 1. The van der Waals surface area contributed by atoms with Gasteiger partial charge in [-0.05, 0) is 31.2 Å². The normalized spacial score (nSPS) is 12.1. The van der Waals surface area contributed by atoms with E-state index in [-0.39, 0.29) is 11.9 Å². The van der Waals surface area contributed by atoms with Gasteiger partial charge in [-0.1, -0.05) is 6.07 Å². The molecule has 0 saturated heterocycles. The van der Waals surface area contributed by atoms with Crippen LogP contribution in [0.1, 0.15) is 23.2 Å². The van der Waals surface area contributed by atoms with Gasteiger partial charge in [0.15, 0.2) is 0 Å². The van der Waals surface area contributed by atoms with Crippen LogP contribution in [0.15, 0.2) is 47.2 Å². The van der Waals surface area contributed by atoms with Crippen LogP contribution in [0, 0.1) is 0 Å². The van der Waals surface area contributed by atoms with E-state index in [1.807, 2.05) is 19.1 Å². The fourth-order valence-electron chi connectivity index (χ4n) is 1.58. The summed E-state index contributed by atoms with van der Waals surface area (Å²) in [5.41, 5.74) is 0.429. The number of amides is 1. The number of carbonyl (C=O) groups excluding carboxylic acids is 1. The molecule has 2 heterocycles. The van der Waals surface area contributed by atoms with Crippen molar-refractivity contribution in [2.24, 2.45) is 0 Å². The highest BCUT2D eigenvalue weighted by atomic mass is 16.3. The van der Waals surface area contributed by atoms with Crippen LogP contribution in [0.4, 0.5) is 0 Å². The molecule has 1 atom stereocenters. The van der Waals surface area contributed by atoms with E-state index in [1.165, 1.54) is 0 Å². The van der Waals surface area contributed by atoms with E-state index in [2.05, 4.69) is 10.3 Å². The quantitative estimate of drug-likeness (QED) is 0.874. The first-order valence-electron chi connectivity index (χ1n) is 5.50. The van der Waals surface area contributed by atoms with Crippen LogP contribution < -0.4 is 5.32 Å².